The van der Waals surface area contributed by atoms with E-state index >= 15 is 0 Å². The second-order valence-electron chi connectivity index (χ2n) is 2.39. The third-order valence-electron chi connectivity index (χ3n) is 1.53. The van der Waals surface area contributed by atoms with Gasteiger partial charge in [-0.3, -0.25) is 4.79 Å². The van der Waals surface area contributed by atoms with E-state index in [1.54, 1.807) is 12.3 Å². The average Bonchev–Trinajstić information content (AvgIpc) is 2.71. The van der Waals surface area contributed by atoms with Gasteiger partial charge in [-0.15, -0.1) is 11.3 Å². The monoisotopic (exact) mass is 212 g/mol. The van der Waals surface area contributed by atoms with Gasteiger partial charge < -0.3 is 4.98 Å². The summed E-state index contributed by atoms with van der Waals surface area (Å²) in [4.78, 5) is 18.1. The molecule has 0 aliphatic carbocycles. The second kappa shape index (κ2) is 3.32. The van der Waals surface area contributed by atoms with Crippen LogP contribution in [0.15, 0.2) is 18.3 Å². The maximum absolute atomic E-state index is 10.3. The van der Waals surface area contributed by atoms with Gasteiger partial charge in [-0.25, -0.2) is 4.98 Å². The summed E-state index contributed by atoms with van der Waals surface area (Å²) in [6, 6.07) is 3.68. The van der Waals surface area contributed by atoms with Crippen molar-refractivity contribution in [1.82, 2.24) is 9.97 Å². The number of halogens is 1. The summed E-state index contributed by atoms with van der Waals surface area (Å²) in [6.07, 6.45) is 2.37. The molecule has 0 saturated carbocycles. The lowest BCUT2D eigenvalue weighted by Crippen LogP contribution is -1.80. The summed E-state index contributed by atoms with van der Waals surface area (Å²) in [5.74, 6) is 0.333. The van der Waals surface area contributed by atoms with Crippen LogP contribution in [-0.2, 0) is 0 Å². The van der Waals surface area contributed by atoms with Crippen molar-refractivity contribution < 1.29 is 4.79 Å². The molecule has 0 amide bonds. The minimum Gasteiger partial charge on any atom is -0.342 e. The topological polar surface area (TPSA) is 45.8 Å². The number of carbonyl (C=O) groups is 1. The molecule has 0 aromatic carbocycles. The number of rotatable bonds is 2. The standard InChI is InChI=1S/C8H5ClN2OS/c9-7-2-1-6(13-7)5-3-10-8(4-12)11-5/h1-4H,(H,10,11). The molecule has 1 N–H and O–H groups in total. The number of aldehydes is 1. The molecule has 13 heavy (non-hydrogen) atoms. The Bertz CT molecular complexity index is 435. The van der Waals surface area contributed by atoms with Crippen molar-refractivity contribution in [3.05, 3.63) is 28.5 Å². The lowest BCUT2D eigenvalue weighted by atomic mass is 10.4. The van der Waals surface area contributed by atoms with E-state index < -0.39 is 0 Å². The molecule has 0 spiro atoms. The maximum Gasteiger partial charge on any atom is 0.185 e. The van der Waals surface area contributed by atoms with Crippen molar-refractivity contribution in [2.45, 2.75) is 0 Å². The van der Waals surface area contributed by atoms with Crippen LogP contribution in [0.3, 0.4) is 0 Å². The van der Waals surface area contributed by atoms with Crippen LogP contribution in [-0.4, -0.2) is 16.3 Å². The van der Waals surface area contributed by atoms with Crippen LogP contribution in [0.5, 0.6) is 0 Å². The molecule has 2 aromatic heterocycles. The quantitative estimate of drug-likeness (QED) is 0.778. The lowest BCUT2D eigenvalue weighted by Gasteiger charge is -1.84. The first kappa shape index (κ1) is 8.47. The summed E-state index contributed by atoms with van der Waals surface area (Å²) in [7, 11) is 0. The SMILES string of the molecule is O=Cc1nc(-c2ccc(Cl)s2)c[nH]1. The number of aromatic amines is 1. The van der Waals surface area contributed by atoms with Crippen molar-refractivity contribution in [3.63, 3.8) is 0 Å². The molecule has 2 heterocycles. The molecule has 0 radical (unpaired) electrons. The molecular weight excluding hydrogens is 208 g/mol. The van der Waals surface area contributed by atoms with E-state index in [0.717, 1.165) is 10.6 Å². The van der Waals surface area contributed by atoms with Gasteiger partial charge in [0.15, 0.2) is 12.1 Å². The fourth-order valence-electron chi connectivity index (χ4n) is 0.975. The zero-order chi connectivity index (χ0) is 9.26. The number of carbonyl (C=O) groups excluding carboxylic acids is 1. The number of nitrogens with zero attached hydrogens (tertiary/aromatic N) is 1. The second-order valence-corrected chi connectivity index (χ2v) is 4.11. The predicted octanol–water partition coefficient (Wildman–Crippen LogP) is 2.60. The van der Waals surface area contributed by atoms with Gasteiger partial charge >= 0.3 is 0 Å². The smallest absolute Gasteiger partial charge is 0.185 e. The molecular formula is C8H5ClN2OS. The summed E-state index contributed by atoms with van der Waals surface area (Å²) >= 11 is 7.19. The van der Waals surface area contributed by atoms with Crippen LogP contribution in [0.25, 0.3) is 10.6 Å². The number of nitrogens with one attached hydrogen (secondary N) is 1. The highest BCUT2D eigenvalue weighted by molar-refractivity contribution is 7.19. The van der Waals surface area contributed by atoms with Crippen molar-refractivity contribution in [1.29, 1.82) is 0 Å². The Morgan fingerprint density at radius 3 is 2.92 bits per heavy atom. The van der Waals surface area contributed by atoms with Crippen LogP contribution in [0.4, 0.5) is 0 Å². The Morgan fingerprint density at radius 1 is 1.54 bits per heavy atom. The van der Waals surface area contributed by atoms with E-state index in [-0.39, 0.29) is 0 Å². The van der Waals surface area contributed by atoms with Crippen molar-refractivity contribution in [2.75, 3.05) is 0 Å². The molecule has 66 valence electrons. The van der Waals surface area contributed by atoms with E-state index in [9.17, 15) is 4.79 Å². The number of aromatic nitrogens is 2. The fraction of sp³-hybridized carbons (Fsp3) is 0. The van der Waals surface area contributed by atoms with E-state index in [0.29, 0.717) is 16.4 Å². The average molecular weight is 213 g/mol. The van der Waals surface area contributed by atoms with Crippen LogP contribution in [0.1, 0.15) is 10.6 Å². The Kier molecular flexibility index (Phi) is 2.16. The summed E-state index contributed by atoms with van der Waals surface area (Å²) in [5, 5.41) is 0. The third-order valence-corrected chi connectivity index (χ3v) is 2.79. The number of imidazole rings is 1. The minimum atomic E-state index is 0.333. The zero-order valence-corrected chi connectivity index (χ0v) is 8.02. The summed E-state index contributed by atoms with van der Waals surface area (Å²) < 4.78 is 0.714. The molecule has 0 atom stereocenters. The Morgan fingerprint density at radius 2 is 2.38 bits per heavy atom. The Labute approximate surface area is 83.4 Å². The highest BCUT2D eigenvalue weighted by atomic mass is 35.5. The van der Waals surface area contributed by atoms with Crippen LogP contribution in [0, 0.1) is 0 Å². The molecule has 2 rings (SSSR count). The van der Waals surface area contributed by atoms with Crippen molar-refractivity contribution >= 4 is 29.2 Å². The van der Waals surface area contributed by atoms with E-state index in [1.165, 1.54) is 11.3 Å². The first-order valence-corrected chi connectivity index (χ1v) is 4.75. The maximum atomic E-state index is 10.3. The highest BCUT2D eigenvalue weighted by Crippen LogP contribution is 2.29. The van der Waals surface area contributed by atoms with Gasteiger partial charge in [0.05, 0.1) is 14.9 Å². The minimum absolute atomic E-state index is 0.333. The van der Waals surface area contributed by atoms with Gasteiger partial charge in [0.1, 0.15) is 0 Å². The van der Waals surface area contributed by atoms with Gasteiger partial charge in [0.25, 0.3) is 0 Å². The first-order valence-electron chi connectivity index (χ1n) is 3.56. The lowest BCUT2D eigenvalue weighted by molar-refractivity contribution is 0.111. The van der Waals surface area contributed by atoms with Crippen LogP contribution < -0.4 is 0 Å². The number of hydrogen-bond donors (Lipinski definition) is 1. The Balaban J connectivity index is 2.40. The molecule has 5 heteroatoms. The van der Waals surface area contributed by atoms with Gasteiger partial charge in [0.2, 0.25) is 0 Å². The summed E-state index contributed by atoms with van der Waals surface area (Å²) in [6.45, 7) is 0. The molecule has 0 aliphatic heterocycles. The number of H-pyrrole nitrogens is 1. The van der Waals surface area contributed by atoms with Gasteiger partial charge in [-0.05, 0) is 12.1 Å². The van der Waals surface area contributed by atoms with Crippen molar-refractivity contribution in [2.24, 2.45) is 0 Å². The molecule has 0 fully saturated rings. The molecule has 2 aromatic rings. The molecule has 0 unspecified atom stereocenters. The fourth-order valence-corrected chi connectivity index (χ4v) is 1.98. The van der Waals surface area contributed by atoms with Crippen molar-refractivity contribution in [3.8, 4) is 10.6 Å². The zero-order valence-electron chi connectivity index (χ0n) is 6.45. The molecule has 3 nitrogen and oxygen atoms in total. The van der Waals surface area contributed by atoms with E-state index in [1.807, 2.05) is 6.07 Å². The van der Waals surface area contributed by atoms with Gasteiger partial charge in [-0.1, -0.05) is 11.6 Å². The van der Waals surface area contributed by atoms with Crippen LogP contribution in [0.2, 0.25) is 4.34 Å². The largest absolute Gasteiger partial charge is 0.342 e. The molecule has 0 aliphatic rings. The number of hydrogen-bond acceptors (Lipinski definition) is 3. The van der Waals surface area contributed by atoms with Gasteiger partial charge in [-0.2, -0.15) is 0 Å². The molecule has 0 bridgehead atoms. The Hall–Kier alpha value is -1.13. The summed E-state index contributed by atoms with van der Waals surface area (Å²) in [5.41, 5.74) is 0.749. The van der Waals surface area contributed by atoms with Gasteiger partial charge in [0, 0.05) is 6.20 Å². The van der Waals surface area contributed by atoms with E-state index in [2.05, 4.69) is 9.97 Å². The van der Waals surface area contributed by atoms with E-state index in [4.69, 9.17) is 11.6 Å². The normalized spacial score (nSPS) is 10.2. The predicted molar refractivity (Wildman–Crippen MR) is 52.3 cm³/mol. The first-order chi connectivity index (χ1) is 6.29. The van der Waals surface area contributed by atoms with Crippen LogP contribution >= 0.6 is 22.9 Å². The molecule has 0 saturated heterocycles. The number of thiophene rings is 1. The third kappa shape index (κ3) is 1.64. The highest BCUT2D eigenvalue weighted by Gasteiger charge is 2.05.